The molecule has 3 heteroatoms. The van der Waals surface area contributed by atoms with Gasteiger partial charge in [-0.1, -0.05) is 40.9 Å². The molecule has 1 aliphatic rings. The summed E-state index contributed by atoms with van der Waals surface area (Å²) in [5, 5.41) is 0. The molecular formula is C12H17BrClN. The summed E-state index contributed by atoms with van der Waals surface area (Å²) >= 11 is 3.47. The molecule has 1 fully saturated rings. The lowest BCUT2D eigenvalue weighted by atomic mass is 10.0. The van der Waals surface area contributed by atoms with Crippen LogP contribution in [-0.2, 0) is 6.42 Å². The minimum atomic E-state index is 0. The molecule has 15 heavy (non-hydrogen) atoms. The van der Waals surface area contributed by atoms with Crippen LogP contribution < -0.4 is 5.73 Å². The minimum absolute atomic E-state index is 0. The SMILES string of the molecule is Cl.NC(Cc1cccc(Br)c1)CC1CC1. The highest BCUT2D eigenvalue weighted by molar-refractivity contribution is 9.10. The van der Waals surface area contributed by atoms with E-state index < -0.39 is 0 Å². The maximum Gasteiger partial charge on any atom is 0.0178 e. The summed E-state index contributed by atoms with van der Waals surface area (Å²) in [6.07, 6.45) is 5.00. The second-order valence-corrected chi connectivity index (χ2v) is 5.19. The molecule has 2 N–H and O–H groups in total. The van der Waals surface area contributed by atoms with Crippen molar-refractivity contribution in [3.05, 3.63) is 34.3 Å². The van der Waals surface area contributed by atoms with Gasteiger partial charge >= 0.3 is 0 Å². The Morgan fingerprint density at radius 3 is 2.73 bits per heavy atom. The van der Waals surface area contributed by atoms with Crippen molar-refractivity contribution in [2.75, 3.05) is 0 Å². The molecule has 0 radical (unpaired) electrons. The van der Waals surface area contributed by atoms with Gasteiger partial charge in [-0.05, 0) is 36.5 Å². The molecular weight excluding hydrogens is 273 g/mol. The lowest BCUT2D eigenvalue weighted by Crippen LogP contribution is -2.23. The van der Waals surface area contributed by atoms with Crippen LogP contribution in [0.15, 0.2) is 28.7 Å². The van der Waals surface area contributed by atoms with Crippen LogP contribution in [0.3, 0.4) is 0 Å². The Morgan fingerprint density at radius 2 is 2.13 bits per heavy atom. The molecule has 0 bridgehead atoms. The van der Waals surface area contributed by atoms with Crippen LogP contribution in [0.1, 0.15) is 24.8 Å². The van der Waals surface area contributed by atoms with Crippen molar-refractivity contribution in [1.29, 1.82) is 0 Å². The molecule has 1 aromatic carbocycles. The van der Waals surface area contributed by atoms with Crippen LogP contribution in [0.5, 0.6) is 0 Å². The van der Waals surface area contributed by atoms with Gasteiger partial charge in [0.05, 0.1) is 0 Å². The zero-order valence-electron chi connectivity index (χ0n) is 8.66. The zero-order chi connectivity index (χ0) is 9.97. The summed E-state index contributed by atoms with van der Waals surface area (Å²) in [5.74, 6) is 0.928. The van der Waals surface area contributed by atoms with Crippen molar-refractivity contribution < 1.29 is 0 Å². The van der Waals surface area contributed by atoms with Crippen molar-refractivity contribution in [3.8, 4) is 0 Å². The molecule has 0 heterocycles. The Labute approximate surface area is 106 Å². The van der Waals surface area contributed by atoms with Gasteiger partial charge in [-0.2, -0.15) is 0 Å². The number of hydrogen-bond acceptors (Lipinski definition) is 1. The first kappa shape index (κ1) is 13.0. The van der Waals surface area contributed by atoms with E-state index in [2.05, 4.69) is 40.2 Å². The molecule has 1 aromatic rings. The third-order valence-corrected chi connectivity index (χ3v) is 3.21. The molecule has 0 spiro atoms. The molecule has 1 saturated carbocycles. The Balaban J connectivity index is 0.00000112. The van der Waals surface area contributed by atoms with E-state index in [4.69, 9.17) is 5.73 Å². The standard InChI is InChI=1S/C12H16BrN.ClH/c13-11-3-1-2-10(6-11)8-12(14)7-9-4-5-9;/h1-3,6,9,12H,4-5,7-8,14H2;1H. The van der Waals surface area contributed by atoms with E-state index in [-0.39, 0.29) is 12.4 Å². The van der Waals surface area contributed by atoms with E-state index in [0.717, 1.165) is 16.8 Å². The predicted octanol–water partition coefficient (Wildman–Crippen LogP) is 3.54. The summed E-state index contributed by atoms with van der Waals surface area (Å²) in [7, 11) is 0. The third kappa shape index (κ3) is 4.54. The van der Waals surface area contributed by atoms with Crippen LogP contribution in [0.25, 0.3) is 0 Å². The first-order valence-corrected chi connectivity index (χ1v) is 6.03. The van der Waals surface area contributed by atoms with Gasteiger partial charge in [0.25, 0.3) is 0 Å². The highest BCUT2D eigenvalue weighted by Crippen LogP contribution is 2.33. The summed E-state index contributed by atoms with van der Waals surface area (Å²) in [6.45, 7) is 0. The Hall–Kier alpha value is -0.0500. The van der Waals surface area contributed by atoms with Gasteiger partial charge in [-0.25, -0.2) is 0 Å². The predicted molar refractivity (Wildman–Crippen MR) is 70.4 cm³/mol. The van der Waals surface area contributed by atoms with Crippen LogP contribution in [0, 0.1) is 5.92 Å². The van der Waals surface area contributed by atoms with E-state index >= 15 is 0 Å². The van der Waals surface area contributed by atoms with E-state index in [0.29, 0.717) is 6.04 Å². The number of benzene rings is 1. The highest BCUT2D eigenvalue weighted by atomic mass is 79.9. The normalized spacial score (nSPS) is 16.9. The molecule has 0 aromatic heterocycles. The summed E-state index contributed by atoms with van der Waals surface area (Å²) in [6, 6.07) is 8.78. The lowest BCUT2D eigenvalue weighted by molar-refractivity contribution is 0.566. The second-order valence-electron chi connectivity index (χ2n) is 4.27. The number of halogens is 2. The van der Waals surface area contributed by atoms with Crippen LogP contribution in [-0.4, -0.2) is 6.04 Å². The van der Waals surface area contributed by atoms with E-state index in [1.54, 1.807) is 0 Å². The van der Waals surface area contributed by atoms with Crippen molar-refractivity contribution in [1.82, 2.24) is 0 Å². The molecule has 0 amide bonds. The van der Waals surface area contributed by atoms with Gasteiger partial charge < -0.3 is 5.73 Å². The average molecular weight is 291 g/mol. The fraction of sp³-hybridized carbons (Fsp3) is 0.500. The largest absolute Gasteiger partial charge is 0.327 e. The van der Waals surface area contributed by atoms with Gasteiger partial charge in [0, 0.05) is 10.5 Å². The zero-order valence-corrected chi connectivity index (χ0v) is 11.1. The van der Waals surface area contributed by atoms with Crippen LogP contribution in [0.4, 0.5) is 0 Å². The molecule has 0 saturated heterocycles. The van der Waals surface area contributed by atoms with Crippen molar-refractivity contribution in [3.63, 3.8) is 0 Å². The van der Waals surface area contributed by atoms with Gasteiger partial charge in [0.2, 0.25) is 0 Å². The number of nitrogens with two attached hydrogens (primary N) is 1. The molecule has 84 valence electrons. The van der Waals surface area contributed by atoms with Crippen molar-refractivity contribution in [2.24, 2.45) is 11.7 Å². The molecule has 1 unspecified atom stereocenters. The maximum absolute atomic E-state index is 6.08. The third-order valence-electron chi connectivity index (χ3n) is 2.72. The molecule has 1 atom stereocenters. The smallest absolute Gasteiger partial charge is 0.0178 e. The minimum Gasteiger partial charge on any atom is -0.327 e. The van der Waals surface area contributed by atoms with E-state index in [1.165, 1.54) is 24.8 Å². The Bertz CT molecular complexity index is 312. The fourth-order valence-corrected chi connectivity index (χ4v) is 2.28. The van der Waals surface area contributed by atoms with Crippen molar-refractivity contribution >= 4 is 28.3 Å². The van der Waals surface area contributed by atoms with Crippen LogP contribution in [0.2, 0.25) is 0 Å². The molecule has 0 aliphatic heterocycles. The fourth-order valence-electron chi connectivity index (χ4n) is 1.83. The Kier molecular flexibility index (Phi) is 5.10. The van der Waals surface area contributed by atoms with Crippen molar-refractivity contribution in [2.45, 2.75) is 31.7 Å². The first-order valence-electron chi connectivity index (χ1n) is 5.24. The quantitative estimate of drug-likeness (QED) is 0.902. The average Bonchev–Trinajstić information content (AvgIpc) is 2.87. The lowest BCUT2D eigenvalue weighted by Gasteiger charge is -2.10. The van der Waals surface area contributed by atoms with Crippen LogP contribution >= 0.6 is 28.3 Å². The molecule has 1 aliphatic carbocycles. The molecule has 1 nitrogen and oxygen atoms in total. The van der Waals surface area contributed by atoms with Gasteiger partial charge in [0.1, 0.15) is 0 Å². The summed E-state index contributed by atoms with van der Waals surface area (Å²) < 4.78 is 1.15. The maximum atomic E-state index is 6.08. The van der Waals surface area contributed by atoms with Gasteiger partial charge in [-0.3, -0.25) is 0 Å². The number of rotatable bonds is 4. The highest BCUT2D eigenvalue weighted by Gasteiger charge is 2.23. The second kappa shape index (κ2) is 5.88. The topological polar surface area (TPSA) is 26.0 Å². The van der Waals surface area contributed by atoms with E-state index in [1.807, 2.05) is 0 Å². The number of hydrogen-bond donors (Lipinski definition) is 1. The summed E-state index contributed by atoms with van der Waals surface area (Å²) in [4.78, 5) is 0. The van der Waals surface area contributed by atoms with E-state index in [9.17, 15) is 0 Å². The summed E-state index contributed by atoms with van der Waals surface area (Å²) in [5.41, 5.74) is 7.42. The monoisotopic (exact) mass is 289 g/mol. The Morgan fingerprint density at radius 1 is 1.40 bits per heavy atom. The molecule has 2 rings (SSSR count). The first-order chi connectivity index (χ1) is 6.74. The van der Waals surface area contributed by atoms with Gasteiger partial charge in [-0.15, -0.1) is 12.4 Å². The van der Waals surface area contributed by atoms with Gasteiger partial charge in [0.15, 0.2) is 0 Å².